The van der Waals surface area contributed by atoms with E-state index in [4.69, 9.17) is 4.74 Å². The van der Waals surface area contributed by atoms with E-state index >= 15 is 0 Å². The summed E-state index contributed by atoms with van der Waals surface area (Å²) in [6.07, 6.45) is 6.53. The molecule has 1 aromatic heterocycles. The first-order valence-electron chi connectivity index (χ1n) is 7.76. The first-order chi connectivity index (χ1) is 10.7. The van der Waals surface area contributed by atoms with Crippen molar-refractivity contribution in [1.82, 2.24) is 15.1 Å². The number of nitrogens with zero attached hydrogens (tertiary/aromatic N) is 2. The maximum absolute atomic E-state index is 12.3. The summed E-state index contributed by atoms with van der Waals surface area (Å²) in [4.78, 5) is 12.3. The van der Waals surface area contributed by atoms with Gasteiger partial charge in [-0.25, -0.2) is 0 Å². The monoisotopic (exact) mass is 299 g/mol. The third-order valence-electron chi connectivity index (χ3n) is 3.90. The summed E-state index contributed by atoms with van der Waals surface area (Å²) in [7, 11) is 0. The number of carbonyl (C=O) groups is 1. The van der Waals surface area contributed by atoms with Crippen molar-refractivity contribution < 1.29 is 9.53 Å². The molecule has 1 amide bonds. The van der Waals surface area contributed by atoms with Crippen LogP contribution in [0.5, 0.6) is 5.75 Å². The summed E-state index contributed by atoms with van der Waals surface area (Å²) in [6, 6.07) is 7.68. The minimum atomic E-state index is -0.0265. The molecule has 0 bridgehead atoms. The Morgan fingerprint density at radius 1 is 1.50 bits per heavy atom. The molecule has 1 unspecified atom stereocenters. The molecule has 5 heteroatoms. The van der Waals surface area contributed by atoms with Gasteiger partial charge in [-0.05, 0) is 56.0 Å². The van der Waals surface area contributed by atoms with Gasteiger partial charge in [0.05, 0.1) is 6.61 Å². The molecule has 0 fully saturated rings. The Morgan fingerprint density at radius 2 is 2.41 bits per heavy atom. The van der Waals surface area contributed by atoms with Crippen molar-refractivity contribution in [1.29, 1.82) is 0 Å². The van der Waals surface area contributed by atoms with Crippen molar-refractivity contribution in [2.45, 2.75) is 38.8 Å². The first-order valence-corrected chi connectivity index (χ1v) is 7.76. The van der Waals surface area contributed by atoms with E-state index < -0.39 is 0 Å². The molecule has 0 aliphatic carbocycles. The fourth-order valence-electron chi connectivity index (χ4n) is 2.64. The van der Waals surface area contributed by atoms with Gasteiger partial charge in [-0.1, -0.05) is 0 Å². The number of aryl methyl sites for hydroxylation is 2. The fourth-order valence-corrected chi connectivity index (χ4v) is 2.64. The second-order valence-corrected chi connectivity index (χ2v) is 5.71. The molecule has 116 valence electrons. The molecule has 3 rings (SSSR count). The number of rotatable bonds is 5. The van der Waals surface area contributed by atoms with Gasteiger partial charge in [-0.3, -0.25) is 9.48 Å². The molecule has 2 heterocycles. The fraction of sp³-hybridized carbons (Fsp3) is 0.412. The zero-order valence-electron chi connectivity index (χ0n) is 12.8. The number of fused-ring (bicyclic) bond motifs is 1. The van der Waals surface area contributed by atoms with Crippen LogP contribution in [0.2, 0.25) is 0 Å². The molecule has 0 spiro atoms. The Bertz CT molecular complexity index is 637. The van der Waals surface area contributed by atoms with Crippen LogP contribution in [0.15, 0.2) is 36.7 Å². The van der Waals surface area contributed by atoms with Crippen LogP contribution in [0.1, 0.15) is 35.7 Å². The predicted octanol–water partition coefficient (Wildman–Crippen LogP) is 2.42. The van der Waals surface area contributed by atoms with Gasteiger partial charge in [0.25, 0.3) is 5.91 Å². The number of ether oxygens (including phenoxy) is 1. The predicted molar refractivity (Wildman–Crippen MR) is 84.0 cm³/mol. The largest absolute Gasteiger partial charge is 0.493 e. The number of carbonyl (C=O) groups excluding carboxylic acids is 1. The Labute approximate surface area is 130 Å². The molecular formula is C17H21N3O2. The zero-order valence-corrected chi connectivity index (χ0v) is 12.8. The first kappa shape index (κ1) is 14.6. The Kier molecular flexibility index (Phi) is 4.42. The van der Waals surface area contributed by atoms with Crippen molar-refractivity contribution in [2.75, 3.05) is 6.61 Å². The van der Waals surface area contributed by atoms with Crippen LogP contribution in [0.3, 0.4) is 0 Å². The average molecular weight is 299 g/mol. The summed E-state index contributed by atoms with van der Waals surface area (Å²) >= 11 is 0. The zero-order chi connectivity index (χ0) is 15.4. The Hall–Kier alpha value is -2.30. The van der Waals surface area contributed by atoms with Crippen molar-refractivity contribution in [3.63, 3.8) is 0 Å². The molecule has 22 heavy (non-hydrogen) atoms. The maximum Gasteiger partial charge on any atom is 0.251 e. The average Bonchev–Trinajstić information content (AvgIpc) is 3.06. The van der Waals surface area contributed by atoms with Crippen LogP contribution in [0.25, 0.3) is 0 Å². The SMILES string of the molecule is CC(CCn1cccn1)NC(=O)c1ccc2c(c1)CCCO2. The second-order valence-electron chi connectivity index (χ2n) is 5.71. The number of amides is 1. The minimum absolute atomic E-state index is 0.0265. The van der Waals surface area contributed by atoms with Crippen LogP contribution >= 0.6 is 0 Å². The molecule has 5 nitrogen and oxygen atoms in total. The van der Waals surface area contributed by atoms with Crippen LogP contribution in [-0.2, 0) is 13.0 Å². The minimum Gasteiger partial charge on any atom is -0.493 e. The lowest BCUT2D eigenvalue weighted by atomic mass is 10.0. The van der Waals surface area contributed by atoms with E-state index in [1.165, 1.54) is 0 Å². The van der Waals surface area contributed by atoms with Gasteiger partial charge in [-0.15, -0.1) is 0 Å². The van der Waals surface area contributed by atoms with E-state index in [0.29, 0.717) is 5.56 Å². The highest BCUT2D eigenvalue weighted by Gasteiger charge is 2.15. The van der Waals surface area contributed by atoms with E-state index in [-0.39, 0.29) is 11.9 Å². The van der Waals surface area contributed by atoms with Crippen LogP contribution in [0.4, 0.5) is 0 Å². The van der Waals surface area contributed by atoms with Crippen molar-refractivity contribution in [3.05, 3.63) is 47.8 Å². The van der Waals surface area contributed by atoms with Gasteiger partial charge in [-0.2, -0.15) is 5.10 Å². The smallest absolute Gasteiger partial charge is 0.251 e. The highest BCUT2D eigenvalue weighted by molar-refractivity contribution is 5.94. The maximum atomic E-state index is 12.3. The molecule has 0 radical (unpaired) electrons. The number of aromatic nitrogens is 2. The number of hydrogen-bond donors (Lipinski definition) is 1. The lowest BCUT2D eigenvalue weighted by molar-refractivity contribution is 0.0937. The molecule has 1 aromatic carbocycles. The molecule has 2 aromatic rings. The molecule has 0 saturated heterocycles. The Morgan fingerprint density at radius 3 is 3.23 bits per heavy atom. The van der Waals surface area contributed by atoms with E-state index in [1.807, 2.05) is 42.1 Å². The van der Waals surface area contributed by atoms with E-state index in [9.17, 15) is 4.79 Å². The molecule has 1 atom stereocenters. The quantitative estimate of drug-likeness (QED) is 0.922. The Balaban J connectivity index is 1.56. The van der Waals surface area contributed by atoms with Gasteiger partial charge in [0.2, 0.25) is 0 Å². The van der Waals surface area contributed by atoms with Gasteiger partial charge in [0, 0.05) is 30.5 Å². The highest BCUT2D eigenvalue weighted by atomic mass is 16.5. The molecular weight excluding hydrogens is 278 g/mol. The molecule has 1 aliphatic rings. The van der Waals surface area contributed by atoms with E-state index in [1.54, 1.807) is 6.20 Å². The summed E-state index contributed by atoms with van der Waals surface area (Å²) < 4.78 is 7.45. The third-order valence-corrected chi connectivity index (χ3v) is 3.90. The third kappa shape index (κ3) is 3.47. The van der Waals surface area contributed by atoms with Crippen LogP contribution in [0, 0.1) is 0 Å². The van der Waals surface area contributed by atoms with E-state index in [2.05, 4.69) is 10.4 Å². The summed E-state index contributed by atoms with van der Waals surface area (Å²) in [5.41, 5.74) is 1.83. The summed E-state index contributed by atoms with van der Waals surface area (Å²) in [5.74, 6) is 0.885. The van der Waals surface area contributed by atoms with Gasteiger partial charge >= 0.3 is 0 Å². The van der Waals surface area contributed by atoms with Crippen molar-refractivity contribution in [3.8, 4) is 5.75 Å². The molecule has 1 N–H and O–H groups in total. The van der Waals surface area contributed by atoms with Gasteiger partial charge < -0.3 is 10.1 Å². The second kappa shape index (κ2) is 6.64. The van der Waals surface area contributed by atoms with Crippen molar-refractivity contribution >= 4 is 5.91 Å². The normalized spacial score (nSPS) is 14.8. The van der Waals surface area contributed by atoms with Crippen molar-refractivity contribution in [2.24, 2.45) is 0 Å². The van der Waals surface area contributed by atoms with Crippen LogP contribution < -0.4 is 10.1 Å². The summed E-state index contributed by atoms with van der Waals surface area (Å²) in [5, 5.41) is 7.21. The number of benzene rings is 1. The lowest BCUT2D eigenvalue weighted by Gasteiger charge is -2.18. The molecule has 1 aliphatic heterocycles. The van der Waals surface area contributed by atoms with Gasteiger partial charge in [0.15, 0.2) is 0 Å². The standard InChI is InChI=1S/C17H21N3O2/c1-13(7-10-20-9-3-8-18-20)19-17(21)15-5-6-16-14(12-15)4-2-11-22-16/h3,5-6,8-9,12-13H,2,4,7,10-11H2,1H3,(H,19,21). The van der Waals surface area contributed by atoms with Gasteiger partial charge in [0.1, 0.15) is 5.75 Å². The topological polar surface area (TPSA) is 56.2 Å². The molecule has 0 saturated carbocycles. The highest BCUT2D eigenvalue weighted by Crippen LogP contribution is 2.25. The number of hydrogen-bond acceptors (Lipinski definition) is 3. The number of nitrogens with one attached hydrogen (secondary N) is 1. The lowest BCUT2D eigenvalue weighted by Crippen LogP contribution is -2.33. The summed E-state index contributed by atoms with van der Waals surface area (Å²) in [6.45, 7) is 3.58. The van der Waals surface area contributed by atoms with Crippen LogP contribution in [-0.4, -0.2) is 28.3 Å². The van der Waals surface area contributed by atoms with E-state index in [0.717, 1.165) is 43.7 Å².